The first-order valence-corrected chi connectivity index (χ1v) is 6.88. The molecule has 7 nitrogen and oxygen atoms in total. The Hall–Kier alpha value is -1.38. The van der Waals surface area contributed by atoms with Crippen molar-refractivity contribution in [1.29, 1.82) is 0 Å². The van der Waals surface area contributed by atoms with Gasteiger partial charge >= 0.3 is 5.97 Å². The number of aryl methyl sites for hydroxylation is 1. The van der Waals surface area contributed by atoms with Gasteiger partial charge in [-0.25, -0.2) is 17.9 Å². The van der Waals surface area contributed by atoms with Crippen LogP contribution in [-0.2, 0) is 17.1 Å². The van der Waals surface area contributed by atoms with Crippen LogP contribution in [0.1, 0.15) is 23.3 Å². The number of aliphatic hydroxyl groups is 1. The first-order chi connectivity index (χ1) is 8.29. The van der Waals surface area contributed by atoms with Crippen molar-refractivity contribution in [3.63, 3.8) is 0 Å². The molecule has 1 fully saturated rings. The van der Waals surface area contributed by atoms with E-state index in [2.05, 4.69) is 4.72 Å². The van der Waals surface area contributed by atoms with Crippen molar-refractivity contribution in [2.24, 2.45) is 7.05 Å². The fourth-order valence-corrected chi connectivity index (χ4v) is 3.20. The summed E-state index contributed by atoms with van der Waals surface area (Å²) in [4.78, 5) is 10.7. The highest BCUT2D eigenvalue weighted by Crippen LogP contribution is 2.22. The van der Waals surface area contributed by atoms with Gasteiger partial charge in [0.2, 0.25) is 10.0 Å². The number of nitrogens with zero attached hydrogens (tertiary/aromatic N) is 1. The standard InChI is InChI=1S/C10H14N2O5S/c1-12-5-8(4-9(12)10(14)15)18(16,17)11-6-2-7(13)3-6/h4-7,11,13H,2-3H2,1H3,(H,14,15). The predicted octanol–water partition coefficient (Wildman–Crippen LogP) is -0.475. The van der Waals surface area contributed by atoms with Crippen molar-refractivity contribution < 1.29 is 23.4 Å². The lowest BCUT2D eigenvalue weighted by molar-refractivity contribution is 0.0685. The van der Waals surface area contributed by atoms with Gasteiger partial charge in [0.05, 0.1) is 6.10 Å². The van der Waals surface area contributed by atoms with Crippen molar-refractivity contribution in [3.05, 3.63) is 18.0 Å². The molecule has 1 heterocycles. The number of carboxylic acids is 1. The molecule has 0 aromatic carbocycles. The van der Waals surface area contributed by atoms with Gasteiger partial charge in [-0.15, -0.1) is 0 Å². The lowest BCUT2D eigenvalue weighted by atomic mass is 9.91. The molecule has 1 aromatic heterocycles. The van der Waals surface area contributed by atoms with Crippen molar-refractivity contribution in [2.75, 3.05) is 0 Å². The molecule has 1 saturated carbocycles. The summed E-state index contributed by atoms with van der Waals surface area (Å²) in [6.07, 6.45) is 1.57. The van der Waals surface area contributed by atoms with E-state index in [1.165, 1.54) is 17.8 Å². The molecule has 0 saturated heterocycles. The number of aromatic nitrogens is 1. The van der Waals surface area contributed by atoms with Crippen molar-refractivity contribution in [1.82, 2.24) is 9.29 Å². The molecular formula is C10H14N2O5S. The van der Waals surface area contributed by atoms with Crippen LogP contribution < -0.4 is 4.72 Å². The maximum absolute atomic E-state index is 11.9. The highest BCUT2D eigenvalue weighted by molar-refractivity contribution is 7.89. The Balaban J connectivity index is 2.19. The van der Waals surface area contributed by atoms with Crippen LogP contribution in [0.25, 0.3) is 0 Å². The smallest absolute Gasteiger partial charge is 0.352 e. The highest BCUT2D eigenvalue weighted by atomic mass is 32.2. The van der Waals surface area contributed by atoms with Crippen molar-refractivity contribution >= 4 is 16.0 Å². The molecule has 8 heteroatoms. The summed E-state index contributed by atoms with van der Waals surface area (Å²) >= 11 is 0. The summed E-state index contributed by atoms with van der Waals surface area (Å²) in [5.74, 6) is -1.18. The molecule has 3 N–H and O–H groups in total. The van der Waals surface area contributed by atoms with E-state index in [0.717, 1.165) is 6.07 Å². The van der Waals surface area contributed by atoms with Gasteiger partial charge in [-0.1, -0.05) is 0 Å². The Kier molecular flexibility index (Phi) is 3.18. The molecule has 1 aliphatic rings. The number of hydrogen-bond donors (Lipinski definition) is 3. The van der Waals surface area contributed by atoms with Gasteiger partial charge in [0.25, 0.3) is 0 Å². The van der Waals surface area contributed by atoms with E-state index in [-0.39, 0.29) is 16.6 Å². The Labute approximate surface area is 104 Å². The Morgan fingerprint density at radius 1 is 1.50 bits per heavy atom. The minimum atomic E-state index is -3.72. The number of carbonyl (C=O) groups is 1. The van der Waals surface area contributed by atoms with E-state index in [4.69, 9.17) is 10.2 Å². The Morgan fingerprint density at radius 2 is 2.11 bits per heavy atom. The van der Waals surface area contributed by atoms with Gasteiger partial charge in [0.15, 0.2) is 0 Å². The normalized spacial score (nSPS) is 23.7. The van der Waals surface area contributed by atoms with Crippen molar-refractivity contribution in [2.45, 2.75) is 29.9 Å². The molecule has 0 unspecified atom stereocenters. The van der Waals surface area contributed by atoms with Gasteiger partial charge in [0.1, 0.15) is 10.6 Å². The fraction of sp³-hybridized carbons (Fsp3) is 0.500. The van der Waals surface area contributed by atoms with Crippen LogP contribution in [0, 0.1) is 0 Å². The quantitative estimate of drug-likeness (QED) is 0.687. The number of rotatable bonds is 4. The topological polar surface area (TPSA) is 109 Å². The van der Waals surface area contributed by atoms with Crippen LogP contribution in [0.4, 0.5) is 0 Å². The van der Waals surface area contributed by atoms with Crippen LogP contribution in [0.15, 0.2) is 17.2 Å². The van der Waals surface area contributed by atoms with Gasteiger partial charge < -0.3 is 14.8 Å². The highest BCUT2D eigenvalue weighted by Gasteiger charge is 2.32. The molecule has 100 valence electrons. The average molecular weight is 274 g/mol. The zero-order valence-corrected chi connectivity index (χ0v) is 10.5. The third-order valence-electron chi connectivity index (χ3n) is 2.94. The SMILES string of the molecule is Cn1cc(S(=O)(=O)NC2CC(O)C2)cc1C(=O)O. The summed E-state index contributed by atoms with van der Waals surface area (Å²) in [6, 6.07) is 0.832. The minimum Gasteiger partial charge on any atom is -0.477 e. The molecule has 0 aliphatic heterocycles. The third-order valence-corrected chi connectivity index (χ3v) is 4.43. The summed E-state index contributed by atoms with van der Waals surface area (Å²) < 4.78 is 27.5. The molecule has 0 bridgehead atoms. The van der Waals surface area contributed by atoms with Gasteiger partial charge in [0, 0.05) is 19.3 Å². The summed E-state index contributed by atoms with van der Waals surface area (Å²) in [5, 5.41) is 17.9. The molecular weight excluding hydrogens is 260 g/mol. The zero-order valence-electron chi connectivity index (χ0n) is 9.70. The Bertz CT molecular complexity index is 571. The lowest BCUT2D eigenvalue weighted by Crippen LogP contribution is -2.46. The van der Waals surface area contributed by atoms with Gasteiger partial charge in [-0.3, -0.25) is 0 Å². The zero-order chi connectivity index (χ0) is 13.5. The number of aromatic carboxylic acids is 1. The van der Waals surface area contributed by atoms with Crippen LogP contribution in [0.3, 0.4) is 0 Å². The molecule has 18 heavy (non-hydrogen) atoms. The number of hydrogen-bond acceptors (Lipinski definition) is 4. The van der Waals surface area contributed by atoms with E-state index >= 15 is 0 Å². The second kappa shape index (κ2) is 4.38. The second-order valence-corrected chi connectivity index (χ2v) is 6.13. The van der Waals surface area contributed by atoms with E-state index in [1.54, 1.807) is 0 Å². The Morgan fingerprint density at radius 3 is 2.56 bits per heavy atom. The molecule has 0 amide bonds. The molecule has 0 radical (unpaired) electrons. The monoisotopic (exact) mass is 274 g/mol. The maximum atomic E-state index is 11.9. The largest absolute Gasteiger partial charge is 0.477 e. The number of carboxylic acid groups (broad SMARTS) is 1. The third kappa shape index (κ3) is 2.40. The molecule has 0 spiro atoms. The molecule has 1 aromatic rings. The predicted molar refractivity (Wildman–Crippen MR) is 61.7 cm³/mol. The van der Waals surface area contributed by atoms with E-state index in [0.29, 0.717) is 12.8 Å². The first kappa shape index (κ1) is 13.1. The second-order valence-electron chi connectivity index (χ2n) is 4.42. The van der Waals surface area contributed by atoms with E-state index in [1.807, 2.05) is 0 Å². The van der Waals surface area contributed by atoms with Gasteiger partial charge in [-0.05, 0) is 18.9 Å². The number of nitrogens with one attached hydrogen (secondary N) is 1. The van der Waals surface area contributed by atoms with Crippen LogP contribution in [0.2, 0.25) is 0 Å². The minimum absolute atomic E-state index is 0.0798. The molecule has 0 atom stereocenters. The van der Waals surface area contributed by atoms with Crippen LogP contribution in [-0.4, -0.2) is 41.3 Å². The summed E-state index contributed by atoms with van der Waals surface area (Å²) in [5.41, 5.74) is -0.0935. The first-order valence-electron chi connectivity index (χ1n) is 5.39. The van der Waals surface area contributed by atoms with E-state index < -0.39 is 22.1 Å². The van der Waals surface area contributed by atoms with E-state index in [9.17, 15) is 13.2 Å². The fourth-order valence-electron chi connectivity index (χ4n) is 1.87. The number of sulfonamides is 1. The van der Waals surface area contributed by atoms with Crippen molar-refractivity contribution in [3.8, 4) is 0 Å². The average Bonchev–Trinajstić information content (AvgIpc) is 2.58. The summed E-state index contributed by atoms with van der Waals surface area (Å²) in [7, 11) is -2.26. The maximum Gasteiger partial charge on any atom is 0.352 e. The lowest BCUT2D eigenvalue weighted by Gasteiger charge is -2.31. The van der Waals surface area contributed by atoms with Gasteiger partial charge in [-0.2, -0.15) is 0 Å². The van der Waals surface area contributed by atoms with Crippen LogP contribution in [0.5, 0.6) is 0 Å². The molecule has 2 rings (SSSR count). The van der Waals surface area contributed by atoms with Crippen LogP contribution >= 0.6 is 0 Å². The number of aliphatic hydroxyl groups excluding tert-OH is 1. The molecule has 1 aliphatic carbocycles. The summed E-state index contributed by atoms with van der Waals surface area (Å²) in [6.45, 7) is 0.